The second-order valence-corrected chi connectivity index (χ2v) is 7.17. The molecule has 3 heteroatoms. The minimum absolute atomic E-state index is 0.142. The SMILES string of the molecule is CCCC(C)NC(=O)CNCC1(CC(C)C)CCCC1. The van der Waals surface area contributed by atoms with Gasteiger partial charge in [0.2, 0.25) is 5.91 Å². The van der Waals surface area contributed by atoms with Gasteiger partial charge in [-0.3, -0.25) is 4.79 Å². The van der Waals surface area contributed by atoms with Crippen molar-refractivity contribution in [2.24, 2.45) is 11.3 Å². The molecule has 1 fully saturated rings. The van der Waals surface area contributed by atoms with Gasteiger partial charge in [-0.05, 0) is 43.9 Å². The van der Waals surface area contributed by atoms with Gasteiger partial charge >= 0.3 is 0 Å². The molecule has 0 aromatic heterocycles. The second-order valence-electron chi connectivity index (χ2n) is 7.17. The first kappa shape index (κ1) is 17.5. The summed E-state index contributed by atoms with van der Waals surface area (Å²) in [6, 6.07) is 0.297. The normalized spacial score (nSPS) is 19.2. The average molecular weight is 282 g/mol. The van der Waals surface area contributed by atoms with Gasteiger partial charge in [-0.25, -0.2) is 0 Å². The van der Waals surface area contributed by atoms with E-state index in [1.54, 1.807) is 0 Å². The molecule has 1 aliphatic rings. The third-order valence-corrected chi connectivity index (χ3v) is 4.42. The predicted octanol–water partition coefficient (Wildman–Crippen LogP) is 3.49. The van der Waals surface area contributed by atoms with Gasteiger partial charge in [0.15, 0.2) is 0 Å². The summed E-state index contributed by atoms with van der Waals surface area (Å²) in [4.78, 5) is 11.9. The molecule has 20 heavy (non-hydrogen) atoms. The Morgan fingerprint density at radius 3 is 2.40 bits per heavy atom. The van der Waals surface area contributed by atoms with Crippen LogP contribution >= 0.6 is 0 Å². The summed E-state index contributed by atoms with van der Waals surface area (Å²) in [5.41, 5.74) is 0.448. The van der Waals surface area contributed by atoms with Crippen molar-refractivity contribution < 1.29 is 4.79 Å². The number of hydrogen-bond acceptors (Lipinski definition) is 2. The molecule has 0 aromatic carbocycles. The topological polar surface area (TPSA) is 41.1 Å². The van der Waals surface area contributed by atoms with E-state index in [0.29, 0.717) is 18.0 Å². The molecule has 0 spiro atoms. The van der Waals surface area contributed by atoms with E-state index < -0.39 is 0 Å². The molecule has 0 aromatic rings. The van der Waals surface area contributed by atoms with Crippen LogP contribution in [0.4, 0.5) is 0 Å². The first-order valence-electron chi connectivity index (χ1n) is 8.47. The highest BCUT2D eigenvalue weighted by Gasteiger charge is 2.33. The maximum Gasteiger partial charge on any atom is 0.234 e. The van der Waals surface area contributed by atoms with Gasteiger partial charge in [0.25, 0.3) is 0 Å². The van der Waals surface area contributed by atoms with E-state index in [4.69, 9.17) is 0 Å². The second kappa shape index (κ2) is 8.66. The van der Waals surface area contributed by atoms with Crippen molar-refractivity contribution in [3.05, 3.63) is 0 Å². The number of carbonyl (C=O) groups is 1. The summed E-state index contributed by atoms with van der Waals surface area (Å²) in [6.07, 6.45) is 8.82. The van der Waals surface area contributed by atoms with Gasteiger partial charge in [0, 0.05) is 12.6 Å². The fourth-order valence-corrected chi connectivity index (χ4v) is 3.72. The zero-order valence-electron chi connectivity index (χ0n) is 13.9. The molecule has 1 saturated carbocycles. The van der Waals surface area contributed by atoms with Crippen LogP contribution in [0.2, 0.25) is 0 Å². The fraction of sp³-hybridized carbons (Fsp3) is 0.941. The third kappa shape index (κ3) is 6.25. The molecule has 0 heterocycles. The van der Waals surface area contributed by atoms with Crippen LogP contribution in [-0.2, 0) is 4.79 Å². The van der Waals surface area contributed by atoms with Crippen molar-refractivity contribution >= 4 is 5.91 Å². The van der Waals surface area contributed by atoms with Crippen molar-refractivity contribution in [1.29, 1.82) is 0 Å². The fourth-order valence-electron chi connectivity index (χ4n) is 3.72. The lowest BCUT2D eigenvalue weighted by Gasteiger charge is -2.31. The Morgan fingerprint density at radius 2 is 1.85 bits per heavy atom. The number of rotatable bonds is 9. The lowest BCUT2D eigenvalue weighted by Crippen LogP contribution is -2.42. The minimum atomic E-state index is 0.142. The van der Waals surface area contributed by atoms with Crippen LogP contribution in [0.5, 0.6) is 0 Å². The van der Waals surface area contributed by atoms with E-state index in [1.807, 2.05) is 0 Å². The van der Waals surface area contributed by atoms with Crippen LogP contribution in [0.1, 0.15) is 72.6 Å². The van der Waals surface area contributed by atoms with Crippen molar-refractivity contribution in [2.45, 2.75) is 78.7 Å². The molecular formula is C17H34N2O. The van der Waals surface area contributed by atoms with Crippen LogP contribution in [0.15, 0.2) is 0 Å². The van der Waals surface area contributed by atoms with Crippen molar-refractivity contribution in [3.63, 3.8) is 0 Å². The monoisotopic (exact) mass is 282 g/mol. The first-order chi connectivity index (χ1) is 9.47. The van der Waals surface area contributed by atoms with Crippen LogP contribution in [-0.4, -0.2) is 25.0 Å². The summed E-state index contributed by atoms with van der Waals surface area (Å²) in [7, 11) is 0. The maximum absolute atomic E-state index is 11.9. The smallest absolute Gasteiger partial charge is 0.234 e. The van der Waals surface area contributed by atoms with E-state index in [1.165, 1.54) is 32.1 Å². The molecule has 1 atom stereocenters. The lowest BCUT2D eigenvalue weighted by atomic mass is 9.78. The summed E-state index contributed by atoms with van der Waals surface area (Å²) in [5.74, 6) is 0.886. The van der Waals surface area contributed by atoms with Crippen LogP contribution < -0.4 is 10.6 Å². The Balaban J connectivity index is 2.28. The van der Waals surface area contributed by atoms with Crippen molar-refractivity contribution in [3.8, 4) is 0 Å². The molecular weight excluding hydrogens is 248 g/mol. The first-order valence-corrected chi connectivity index (χ1v) is 8.47. The highest BCUT2D eigenvalue weighted by Crippen LogP contribution is 2.42. The van der Waals surface area contributed by atoms with Gasteiger partial charge in [-0.15, -0.1) is 0 Å². The van der Waals surface area contributed by atoms with E-state index >= 15 is 0 Å². The maximum atomic E-state index is 11.9. The summed E-state index contributed by atoms with van der Waals surface area (Å²) in [6.45, 7) is 10.3. The summed E-state index contributed by atoms with van der Waals surface area (Å²) in [5, 5.41) is 6.47. The third-order valence-electron chi connectivity index (χ3n) is 4.42. The lowest BCUT2D eigenvalue weighted by molar-refractivity contribution is -0.120. The Kier molecular flexibility index (Phi) is 7.57. The van der Waals surface area contributed by atoms with E-state index in [-0.39, 0.29) is 5.91 Å². The molecule has 1 rings (SSSR count). The quantitative estimate of drug-likeness (QED) is 0.679. The van der Waals surface area contributed by atoms with E-state index in [2.05, 4.69) is 38.3 Å². The van der Waals surface area contributed by atoms with Crippen molar-refractivity contribution in [2.75, 3.05) is 13.1 Å². The van der Waals surface area contributed by atoms with Crippen LogP contribution in [0.25, 0.3) is 0 Å². The van der Waals surface area contributed by atoms with Gasteiger partial charge in [0.05, 0.1) is 6.54 Å². The van der Waals surface area contributed by atoms with Crippen LogP contribution in [0, 0.1) is 11.3 Å². The van der Waals surface area contributed by atoms with Crippen molar-refractivity contribution in [1.82, 2.24) is 10.6 Å². The van der Waals surface area contributed by atoms with Gasteiger partial charge in [0.1, 0.15) is 0 Å². The number of hydrogen-bond donors (Lipinski definition) is 2. The zero-order chi connectivity index (χ0) is 15.0. The Morgan fingerprint density at radius 1 is 1.20 bits per heavy atom. The largest absolute Gasteiger partial charge is 0.353 e. The molecule has 3 nitrogen and oxygen atoms in total. The molecule has 1 unspecified atom stereocenters. The standard InChI is InChI=1S/C17H34N2O/c1-5-8-15(4)19-16(20)12-18-13-17(11-14(2)3)9-6-7-10-17/h14-15,18H,5-13H2,1-4H3,(H,19,20). The summed E-state index contributed by atoms with van der Waals surface area (Å²) < 4.78 is 0. The molecule has 2 N–H and O–H groups in total. The van der Waals surface area contributed by atoms with Gasteiger partial charge < -0.3 is 10.6 Å². The highest BCUT2D eigenvalue weighted by atomic mass is 16.1. The average Bonchev–Trinajstić information content (AvgIpc) is 2.76. The minimum Gasteiger partial charge on any atom is -0.353 e. The zero-order valence-corrected chi connectivity index (χ0v) is 13.9. The number of carbonyl (C=O) groups excluding carboxylic acids is 1. The molecule has 0 bridgehead atoms. The predicted molar refractivity (Wildman–Crippen MR) is 85.7 cm³/mol. The van der Waals surface area contributed by atoms with E-state index in [9.17, 15) is 4.79 Å². The van der Waals surface area contributed by atoms with Crippen LogP contribution in [0.3, 0.4) is 0 Å². The van der Waals surface area contributed by atoms with Gasteiger partial charge in [-0.2, -0.15) is 0 Å². The molecule has 1 amide bonds. The highest BCUT2D eigenvalue weighted by molar-refractivity contribution is 5.78. The molecule has 0 radical (unpaired) electrons. The number of nitrogens with one attached hydrogen (secondary N) is 2. The number of amides is 1. The van der Waals surface area contributed by atoms with Gasteiger partial charge in [-0.1, -0.05) is 40.0 Å². The molecule has 0 aliphatic heterocycles. The van der Waals surface area contributed by atoms with E-state index in [0.717, 1.165) is 25.3 Å². The Bertz CT molecular complexity index is 283. The summed E-state index contributed by atoms with van der Waals surface area (Å²) >= 11 is 0. The Labute approximate surface area is 125 Å². The molecule has 1 aliphatic carbocycles. The molecule has 118 valence electrons. The Hall–Kier alpha value is -0.570. The molecule has 0 saturated heterocycles.